The zero-order valence-electron chi connectivity index (χ0n) is 15.7. The van der Waals surface area contributed by atoms with Gasteiger partial charge in [-0.1, -0.05) is 26.0 Å². The minimum atomic E-state index is -0.732. The van der Waals surface area contributed by atoms with Gasteiger partial charge in [-0.15, -0.1) is 0 Å². The molecule has 3 rings (SSSR count). The van der Waals surface area contributed by atoms with Gasteiger partial charge in [0.05, 0.1) is 11.3 Å². The summed E-state index contributed by atoms with van der Waals surface area (Å²) >= 11 is 0. The predicted octanol–water partition coefficient (Wildman–Crippen LogP) is 2.20. The predicted molar refractivity (Wildman–Crippen MR) is 99.8 cm³/mol. The van der Waals surface area contributed by atoms with Crippen LogP contribution in [0, 0.1) is 5.82 Å². The Morgan fingerprint density at radius 3 is 2.70 bits per heavy atom. The first-order valence-corrected chi connectivity index (χ1v) is 9.04. The number of benzene rings is 1. The number of rotatable bonds is 5. The van der Waals surface area contributed by atoms with Crippen molar-refractivity contribution in [3.8, 4) is 11.1 Å². The van der Waals surface area contributed by atoms with Crippen LogP contribution in [0.4, 0.5) is 4.39 Å². The van der Waals surface area contributed by atoms with E-state index in [-0.39, 0.29) is 30.2 Å². The average molecular weight is 373 g/mol. The molecule has 0 unspecified atom stereocenters. The number of amides is 1. The van der Waals surface area contributed by atoms with Gasteiger partial charge in [-0.25, -0.2) is 9.07 Å². The number of hydrogen-bond acceptors (Lipinski definition) is 4. The van der Waals surface area contributed by atoms with Crippen LogP contribution in [0.15, 0.2) is 35.1 Å². The molecular weight excluding hydrogens is 349 g/mol. The Labute approximate surface area is 157 Å². The normalized spacial score (nSPS) is 21.8. The van der Waals surface area contributed by atoms with Crippen molar-refractivity contribution >= 4 is 5.91 Å². The Morgan fingerprint density at radius 1 is 1.41 bits per heavy atom. The van der Waals surface area contributed by atoms with Crippen LogP contribution in [0.1, 0.15) is 45.2 Å². The Hall–Kier alpha value is -2.54. The topological polar surface area (TPSA) is 84.2 Å². The molecule has 1 heterocycles. The zero-order chi connectivity index (χ0) is 19.8. The second kappa shape index (κ2) is 7.23. The summed E-state index contributed by atoms with van der Waals surface area (Å²) in [7, 11) is 0. The Morgan fingerprint density at radius 2 is 2.11 bits per heavy atom. The summed E-state index contributed by atoms with van der Waals surface area (Å²) in [5.41, 5.74) is 0.622. The monoisotopic (exact) mass is 373 g/mol. The molecule has 27 heavy (non-hydrogen) atoms. The molecule has 0 bridgehead atoms. The van der Waals surface area contributed by atoms with Crippen molar-refractivity contribution in [3.05, 3.63) is 52.2 Å². The lowest BCUT2D eigenvalue weighted by atomic mass is 9.77. The first-order chi connectivity index (χ1) is 12.6. The van der Waals surface area contributed by atoms with Crippen molar-refractivity contribution in [2.75, 3.05) is 0 Å². The van der Waals surface area contributed by atoms with E-state index in [0.29, 0.717) is 29.7 Å². The van der Waals surface area contributed by atoms with Gasteiger partial charge in [-0.3, -0.25) is 9.59 Å². The van der Waals surface area contributed by atoms with Gasteiger partial charge >= 0.3 is 0 Å². The molecule has 0 atom stereocenters. The summed E-state index contributed by atoms with van der Waals surface area (Å²) in [6.07, 6.45) is 0.994. The molecule has 1 aromatic carbocycles. The molecule has 1 aliphatic carbocycles. The van der Waals surface area contributed by atoms with Crippen molar-refractivity contribution in [2.45, 2.75) is 57.7 Å². The number of aromatic nitrogens is 2. The van der Waals surface area contributed by atoms with Crippen LogP contribution in [0.5, 0.6) is 0 Å². The van der Waals surface area contributed by atoms with E-state index >= 15 is 0 Å². The molecule has 7 heteroatoms. The molecule has 1 saturated carbocycles. The Bertz CT molecular complexity index is 913. The average Bonchev–Trinajstić information content (AvgIpc) is 2.54. The van der Waals surface area contributed by atoms with Gasteiger partial charge < -0.3 is 10.4 Å². The van der Waals surface area contributed by atoms with Crippen molar-refractivity contribution in [1.82, 2.24) is 15.1 Å². The molecular formula is C20H24FN3O3. The maximum Gasteiger partial charge on any atom is 0.267 e. The van der Waals surface area contributed by atoms with Gasteiger partial charge in [0.1, 0.15) is 12.4 Å². The summed E-state index contributed by atoms with van der Waals surface area (Å²) in [6, 6.07) is 7.33. The van der Waals surface area contributed by atoms with Crippen LogP contribution < -0.4 is 10.9 Å². The van der Waals surface area contributed by atoms with Crippen LogP contribution in [0.3, 0.4) is 0 Å². The van der Waals surface area contributed by atoms with Gasteiger partial charge in [0, 0.05) is 17.7 Å². The van der Waals surface area contributed by atoms with Crippen molar-refractivity contribution < 1.29 is 14.3 Å². The maximum absolute atomic E-state index is 13.6. The highest BCUT2D eigenvalue weighted by Crippen LogP contribution is 2.31. The summed E-state index contributed by atoms with van der Waals surface area (Å²) in [4.78, 5) is 24.7. The highest BCUT2D eigenvalue weighted by atomic mass is 19.1. The molecule has 144 valence electrons. The smallest absolute Gasteiger partial charge is 0.267 e. The number of nitrogens with one attached hydrogen (secondary N) is 1. The van der Waals surface area contributed by atoms with E-state index in [2.05, 4.69) is 10.4 Å². The third kappa shape index (κ3) is 4.42. The third-order valence-electron chi connectivity index (χ3n) is 4.74. The number of carbonyl (C=O) groups is 1. The van der Waals surface area contributed by atoms with Crippen molar-refractivity contribution in [3.63, 3.8) is 0 Å². The minimum Gasteiger partial charge on any atom is -0.390 e. The maximum atomic E-state index is 13.6. The zero-order valence-corrected chi connectivity index (χ0v) is 15.7. The number of carbonyl (C=O) groups excluding carboxylic acids is 1. The highest BCUT2D eigenvalue weighted by molar-refractivity contribution is 5.76. The molecule has 1 fully saturated rings. The van der Waals surface area contributed by atoms with Crippen LogP contribution in [-0.4, -0.2) is 32.4 Å². The Balaban J connectivity index is 1.84. The molecule has 6 nitrogen and oxygen atoms in total. The van der Waals surface area contributed by atoms with E-state index in [0.717, 1.165) is 4.68 Å². The van der Waals surface area contributed by atoms with E-state index in [9.17, 15) is 19.1 Å². The summed E-state index contributed by atoms with van der Waals surface area (Å²) < 4.78 is 14.7. The molecule has 0 saturated heterocycles. The van der Waals surface area contributed by atoms with E-state index < -0.39 is 11.2 Å². The number of aliphatic hydroxyl groups is 1. The van der Waals surface area contributed by atoms with Crippen LogP contribution in [0.2, 0.25) is 0 Å². The van der Waals surface area contributed by atoms with Crippen molar-refractivity contribution in [2.24, 2.45) is 0 Å². The van der Waals surface area contributed by atoms with E-state index in [1.54, 1.807) is 19.1 Å². The van der Waals surface area contributed by atoms with Gasteiger partial charge in [0.2, 0.25) is 5.91 Å². The number of halogens is 1. The highest BCUT2D eigenvalue weighted by Gasteiger charge is 2.39. The van der Waals surface area contributed by atoms with E-state index in [4.69, 9.17) is 0 Å². The van der Waals surface area contributed by atoms with Gasteiger partial charge in [-0.2, -0.15) is 5.10 Å². The molecule has 2 N–H and O–H groups in total. The first-order valence-electron chi connectivity index (χ1n) is 9.04. The second-order valence-corrected chi connectivity index (χ2v) is 7.77. The summed E-state index contributed by atoms with van der Waals surface area (Å²) in [5.74, 6) is -0.722. The molecule has 0 aliphatic heterocycles. The first kappa shape index (κ1) is 19.2. The molecule has 1 aromatic heterocycles. The molecule has 0 spiro atoms. The van der Waals surface area contributed by atoms with Crippen molar-refractivity contribution in [1.29, 1.82) is 0 Å². The van der Waals surface area contributed by atoms with Crippen LogP contribution >= 0.6 is 0 Å². The lowest BCUT2D eigenvalue weighted by Gasteiger charge is -2.41. The summed E-state index contributed by atoms with van der Waals surface area (Å²) in [5, 5.41) is 16.9. The third-order valence-corrected chi connectivity index (χ3v) is 4.74. The summed E-state index contributed by atoms with van der Waals surface area (Å²) in [6.45, 7) is 5.38. The lowest BCUT2D eigenvalue weighted by Crippen LogP contribution is -2.54. The van der Waals surface area contributed by atoms with Gasteiger partial charge in [0.15, 0.2) is 0 Å². The quantitative estimate of drug-likeness (QED) is 0.842. The van der Waals surface area contributed by atoms with E-state index in [1.807, 2.05) is 13.8 Å². The van der Waals surface area contributed by atoms with Crippen LogP contribution in [-0.2, 0) is 11.3 Å². The lowest BCUT2D eigenvalue weighted by molar-refractivity contribution is -0.125. The number of hydrogen-bond donors (Lipinski definition) is 2. The SMILES string of the molecule is CC(C)c1nn(CC(=O)NC2CC(C)(O)C2)c(=O)cc1-c1cccc(F)c1. The fourth-order valence-corrected chi connectivity index (χ4v) is 3.45. The largest absolute Gasteiger partial charge is 0.390 e. The minimum absolute atomic E-state index is 0.0140. The fourth-order valence-electron chi connectivity index (χ4n) is 3.45. The molecule has 2 aromatic rings. The van der Waals surface area contributed by atoms with Gasteiger partial charge in [0.25, 0.3) is 5.56 Å². The molecule has 1 amide bonds. The van der Waals surface area contributed by atoms with Gasteiger partial charge in [-0.05, 0) is 43.4 Å². The second-order valence-electron chi connectivity index (χ2n) is 7.77. The standard InChI is InChI=1S/C20H24FN3O3/c1-12(2)19-16(13-5-4-6-14(21)7-13)8-18(26)24(23-19)11-17(25)22-15-9-20(3,27)10-15/h4-8,12,15,27H,9-11H2,1-3H3,(H,22,25). The number of nitrogens with zero attached hydrogens (tertiary/aromatic N) is 2. The molecule has 0 radical (unpaired) electrons. The molecule has 1 aliphatic rings. The fraction of sp³-hybridized carbons (Fsp3) is 0.450. The van der Waals surface area contributed by atoms with Crippen LogP contribution in [0.25, 0.3) is 11.1 Å². The Kier molecular flexibility index (Phi) is 5.15. The van der Waals surface area contributed by atoms with E-state index in [1.165, 1.54) is 18.2 Å².